The Morgan fingerprint density at radius 2 is 1.73 bits per heavy atom. The number of nitro groups is 1. The Balaban J connectivity index is 2.07. The zero-order chi connectivity index (χ0) is 24.2. The fourth-order valence-electron chi connectivity index (χ4n) is 3.27. The number of nitro benzene ring substituents is 1. The number of non-ortho nitro benzene ring substituents is 1. The van der Waals surface area contributed by atoms with Crippen molar-refractivity contribution < 1.29 is 18.9 Å². The van der Waals surface area contributed by atoms with E-state index in [4.69, 9.17) is 0 Å². The van der Waals surface area contributed by atoms with E-state index >= 15 is 0 Å². The lowest BCUT2D eigenvalue weighted by molar-refractivity contribution is -0.384. The SMILES string of the molecule is CCCCNC(=O)[C@@H](CC)N(Cc1ccc(F)cc1)C(=O)CSCc1ccc([N+](=O)[O-])cc1. The highest BCUT2D eigenvalue weighted by molar-refractivity contribution is 7.99. The summed E-state index contributed by atoms with van der Waals surface area (Å²) in [6.07, 6.45) is 2.27. The summed E-state index contributed by atoms with van der Waals surface area (Å²) in [5, 5.41) is 13.7. The Hall–Kier alpha value is -2.94. The van der Waals surface area contributed by atoms with Crippen molar-refractivity contribution in [3.63, 3.8) is 0 Å². The maximum Gasteiger partial charge on any atom is 0.269 e. The van der Waals surface area contributed by atoms with Gasteiger partial charge in [0.25, 0.3) is 5.69 Å². The molecule has 9 heteroatoms. The quantitative estimate of drug-likeness (QED) is 0.258. The van der Waals surface area contributed by atoms with Crippen LogP contribution in [0.3, 0.4) is 0 Å². The average molecular weight is 476 g/mol. The van der Waals surface area contributed by atoms with Gasteiger partial charge in [0.05, 0.1) is 10.7 Å². The standard InChI is InChI=1S/C24H30FN3O4S/c1-3-5-14-26-24(30)22(4-2)27(15-18-6-10-20(25)11-7-18)23(29)17-33-16-19-8-12-21(13-9-19)28(31)32/h6-13,22H,3-5,14-17H2,1-2H3,(H,26,30)/t22-/m1/s1. The van der Waals surface area contributed by atoms with Crippen LogP contribution >= 0.6 is 11.8 Å². The van der Waals surface area contributed by atoms with Crippen molar-refractivity contribution in [1.82, 2.24) is 10.2 Å². The zero-order valence-corrected chi connectivity index (χ0v) is 19.8. The molecule has 0 aromatic heterocycles. The fraction of sp³-hybridized carbons (Fsp3) is 0.417. The average Bonchev–Trinajstić information content (AvgIpc) is 2.80. The van der Waals surface area contributed by atoms with Crippen molar-refractivity contribution in [2.24, 2.45) is 0 Å². The number of hydrogen-bond donors (Lipinski definition) is 1. The van der Waals surface area contributed by atoms with Crippen molar-refractivity contribution >= 4 is 29.3 Å². The van der Waals surface area contributed by atoms with Crippen molar-refractivity contribution in [2.75, 3.05) is 12.3 Å². The number of thioether (sulfide) groups is 1. The lowest BCUT2D eigenvalue weighted by Gasteiger charge is -2.30. The Morgan fingerprint density at radius 1 is 1.09 bits per heavy atom. The first kappa shape index (κ1) is 26.3. The monoisotopic (exact) mass is 475 g/mol. The molecule has 178 valence electrons. The Morgan fingerprint density at radius 3 is 2.30 bits per heavy atom. The van der Waals surface area contributed by atoms with Crippen molar-refractivity contribution in [3.8, 4) is 0 Å². The molecule has 0 fully saturated rings. The molecule has 0 aliphatic rings. The van der Waals surface area contributed by atoms with E-state index in [0.29, 0.717) is 18.7 Å². The molecule has 0 aliphatic heterocycles. The fourth-order valence-corrected chi connectivity index (χ4v) is 4.14. The number of carbonyl (C=O) groups excluding carboxylic acids is 2. The molecule has 7 nitrogen and oxygen atoms in total. The van der Waals surface area contributed by atoms with Crippen molar-refractivity contribution in [1.29, 1.82) is 0 Å². The van der Waals surface area contributed by atoms with Gasteiger partial charge in [0.2, 0.25) is 11.8 Å². The van der Waals surface area contributed by atoms with E-state index in [1.165, 1.54) is 36.0 Å². The lowest BCUT2D eigenvalue weighted by Crippen LogP contribution is -2.49. The van der Waals surface area contributed by atoms with Gasteiger partial charge in [-0.05, 0) is 36.1 Å². The minimum Gasteiger partial charge on any atom is -0.354 e. The molecule has 1 N–H and O–H groups in total. The van der Waals surface area contributed by atoms with Crippen LogP contribution in [0.4, 0.5) is 10.1 Å². The summed E-state index contributed by atoms with van der Waals surface area (Å²) in [6.45, 7) is 4.66. The van der Waals surface area contributed by atoms with Gasteiger partial charge in [-0.1, -0.05) is 44.5 Å². The van der Waals surface area contributed by atoms with Crippen LogP contribution < -0.4 is 5.32 Å². The van der Waals surface area contributed by atoms with Gasteiger partial charge in [-0.25, -0.2) is 4.39 Å². The predicted octanol–water partition coefficient (Wildman–Crippen LogP) is 4.69. The van der Waals surface area contributed by atoms with Gasteiger partial charge >= 0.3 is 0 Å². The molecular formula is C24H30FN3O4S. The molecule has 2 amide bonds. The normalized spacial score (nSPS) is 11.6. The second kappa shape index (κ2) is 13.6. The Kier molecular flexibility index (Phi) is 10.8. The molecule has 1 atom stereocenters. The van der Waals surface area contributed by atoms with E-state index in [0.717, 1.165) is 24.0 Å². The summed E-state index contributed by atoms with van der Waals surface area (Å²) in [4.78, 5) is 37.8. The number of halogens is 1. The third kappa shape index (κ3) is 8.49. The first-order chi connectivity index (χ1) is 15.8. The summed E-state index contributed by atoms with van der Waals surface area (Å²) in [5.74, 6) is -0.0880. The number of nitrogens with one attached hydrogen (secondary N) is 1. The van der Waals surface area contributed by atoms with E-state index in [2.05, 4.69) is 5.32 Å². The maximum atomic E-state index is 13.3. The summed E-state index contributed by atoms with van der Waals surface area (Å²) in [6, 6.07) is 11.5. The van der Waals surface area contributed by atoms with Crippen LogP contribution in [0, 0.1) is 15.9 Å². The van der Waals surface area contributed by atoms with Gasteiger partial charge in [0.15, 0.2) is 0 Å². The Labute approximate surface area is 197 Å². The highest BCUT2D eigenvalue weighted by Crippen LogP contribution is 2.19. The van der Waals surface area contributed by atoms with Gasteiger partial charge < -0.3 is 10.2 Å². The molecule has 0 radical (unpaired) electrons. The van der Waals surface area contributed by atoms with E-state index < -0.39 is 11.0 Å². The van der Waals surface area contributed by atoms with Crippen LogP contribution in [0.15, 0.2) is 48.5 Å². The topological polar surface area (TPSA) is 92.6 Å². The smallest absolute Gasteiger partial charge is 0.269 e. The van der Waals surface area contributed by atoms with Crippen LogP contribution in [0.2, 0.25) is 0 Å². The van der Waals surface area contributed by atoms with E-state index in [1.807, 2.05) is 13.8 Å². The highest BCUT2D eigenvalue weighted by atomic mass is 32.2. The third-order valence-corrected chi connectivity index (χ3v) is 6.11. The van der Waals surface area contributed by atoms with Crippen LogP contribution in [0.25, 0.3) is 0 Å². The lowest BCUT2D eigenvalue weighted by atomic mass is 10.1. The van der Waals surface area contributed by atoms with Crippen LogP contribution in [0.5, 0.6) is 0 Å². The number of hydrogen-bond acceptors (Lipinski definition) is 5. The molecule has 2 aromatic rings. The molecule has 0 saturated carbocycles. The summed E-state index contributed by atoms with van der Waals surface area (Å²) in [5.41, 5.74) is 1.63. The van der Waals surface area contributed by atoms with Gasteiger partial charge in [-0.3, -0.25) is 19.7 Å². The molecule has 2 aromatic carbocycles. The van der Waals surface area contributed by atoms with Crippen LogP contribution in [-0.4, -0.2) is 40.0 Å². The van der Waals surface area contributed by atoms with Gasteiger partial charge in [-0.2, -0.15) is 0 Å². The first-order valence-electron chi connectivity index (χ1n) is 11.0. The molecule has 2 rings (SSSR count). The van der Waals surface area contributed by atoms with E-state index in [-0.39, 0.29) is 35.6 Å². The summed E-state index contributed by atoms with van der Waals surface area (Å²) in [7, 11) is 0. The second-order valence-electron chi connectivity index (χ2n) is 7.63. The van der Waals surface area contributed by atoms with E-state index in [1.54, 1.807) is 29.2 Å². The predicted molar refractivity (Wildman–Crippen MR) is 128 cm³/mol. The highest BCUT2D eigenvalue weighted by Gasteiger charge is 2.28. The van der Waals surface area contributed by atoms with Gasteiger partial charge in [0.1, 0.15) is 11.9 Å². The number of nitrogens with zero attached hydrogens (tertiary/aromatic N) is 2. The Bertz CT molecular complexity index is 922. The number of benzene rings is 2. The van der Waals surface area contributed by atoms with Crippen LogP contribution in [-0.2, 0) is 21.9 Å². The minimum atomic E-state index is -0.626. The summed E-state index contributed by atoms with van der Waals surface area (Å²) >= 11 is 1.38. The molecule has 0 heterocycles. The number of rotatable bonds is 13. The minimum absolute atomic E-state index is 0.0187. The van der Waals surface area contributed by atoms with Crippen molar-refractivity contribution in [3.05, 3.63) is 75.6 Å². The maximum absolute atomic E-state index is 13.3. The van der Waals surface area contributed by atoms with E-state index in [9.17, 15) is 24.1 Å². The molecule has 0 saturated heterocycles. The van der Waals surface area contributed by atoms with Crippen LogP contribution in [0.1, 0.15) is 44.2 Å². The second-order valence-corrected chi connectivity index (χ2v) is 8.62. The number of amides is 2. The summed E-state index contributed by atoms with van der Waals surface area (Å²) < 4.78 is 13.3. The largest absolute Gasteiger partial charge is 0.354 e. The molecule has 0 aliphatic carbocycles. The number of unbranched alkanes of at least 4 members (excludes halogenated alkanes) is 1. The molecule has 0 bridgehead atoms. The van der Waals surface area contributed by atoms with Gasteiger partial charge in [-0.15, -0.1) is 11.8 Å². The zero-order valence-electron chi connectivity index (χ0n) is 19.0. The number of carbonyl (C=O) groups is 2. The molecular weight excluding hydrogens is 445 g/mol. The van der Waals surface area contributed by atoms with Crippen molar-refractivity contribution in [2.45, 2.75) is 51.4 Å². The van der Waals surface area contributed by atoms with Gasteiger partial charge in [0, 0.05) is 31.0 Å². The first-order valence-corrected chi connectivity index (χ1v) is 12.1. The third-order valence-electron chi connectivity index (χ3n) is 5.12. The molecule has 33 heavy (non-hydrogen) atoms. The molecule has 0 unspecified atom stereocenters. The molecule has 0 spiro atoms.